The standard InChI is InChI=1S/C19H30ClN3/c1-16-14-23(12-9-21-16)19(17-7-6-8-18(20)13-17)15-22-10-4-2-3-5-11-22/h6-8,13,16,19,21H,2-5,9-12,14-15H2,1H3. The van der Waals surface area contributed by atoms with E-state index in [1.807, 2.05) is 6.07 Å². The monoisotopic (exact) mass is 335 g/mol. The number of benzene rings is 1. The van der Waals surface area contributed by atoms with Gasteiger partial charge in [0.05, 0.1) is 0 Å². The molecule has 3 rings (SSSR count). The van der Waals surface area contributed by atoms with Gasteiger partial charge in [0.25, 0.3) is 0 Å². The van der Waals surface area contributed by atoms with Crippen LogP contribution in [0, 0.1) is 0 Å². The Bertz CT molecular complexity index is 485. The molecule has 128 valence electrons. The number of nitrogens with one attached hydrogen (secondary N) is 1. The molecule has 4 heteroatoms. The number of piperazine rings is 1. The maximum Gasteiger partial charge on any atom is 0.0476 e. The summed E-state index contributed by atoms with van der Waals surface area (Å²) in [7, 11) is 0. The first-order valence-corrected chi connectivity index (χ1v) is 9.55. The van der Waals surface area contributed by atoms with E-state index < -0.39 is 0 Å². The summed E-state index contributed by atoms with van der Waals surface area (Å²) in [6, 6.07) is 9.51. The van der Waals surface area contributed by atoms with Gasteiger partial charge in [0.15, 0.2) is 0 Å². The highest BCUT2D eigenvalue weighted by molar-refractivity contribution is 6.30. The summed E-state index contributed by atoms with van der Waals surface area (Å²) in [4.78, 5) is 5.32. The van der Waals surface area contributed by atoms with Crippen LogP contribution in [0.4, 0.5) is 0 Å². The molecular formula is C19H30ClN3. The van der Waals surface area contributed by atoms with Crippen molar-refractivity contribution in [3.05, 3.63) is 34.9 Å². The van der Waals surface area contributed by atoms with Crippen molar-refractivity contribution in [2.75, 3.05) is 39.3 Å². The maximum atomic E-state index is 6.28. The van der Waals surface area contributed by atoms with Gasteiger partial charge in [-0.25, -0.2) is 0 Å². The quantitative estimate of drug-likeness (QED) is 0.907. The van der Waals surface area contributed by atoms with Gasteiger partial charge in [-0.15, -0.1) is 0 Å². The molecule has 0 radical (unpaired) electrons. The molecular weight excluding hydrogens is 306 g/mol. The SMILES string of the molecule is CC1CN(C(CN2CCCCCC2)c2cccc(Cl)c2)CCN1. The lowest BCUT2D eigenvalue weighted by molar-refractivity contribution is 0.110. The van der Waals surface area contributed by atoms with E-state index in [-0.39, 0.29) is 0 Å². The molecule has 0 bridgehead atoms. The minimum absolute atomic E-state index is 0.455. The Morgan fingerprint density at radius 2 is 1.96 bits per heavy atom. The van der Waals surface area contributed by atoms with Crippen molar-refractivity contribution < 1.29 is 0 Å². The van der Waals surface area contributed by atoms with Crippen molar-refractivity contribution in [2.24, 2.45) is 0 Å². The Labute approximate surface area is 146 Å². The van der Waals surface area contributed by atoms with E-state index in [4.69, 9.17) is 11.6 Å². The molecule has 1 aromatic carbocycles. The summed E-state index contributed by atoms with van der Waals surface area (Å²) in [5, 5.41) is 4.42. The van der Waals surface area contributed by atoms with Crippen molar-refractivity contribution in [1.29, 1.82) is 0 Å². The van der Waals surface area contributed by atoms with E-state index in [1.165, 1.54) is 44.3 Å². The molecule has 2 aliphatic rings. The third kappa shape index (κ3) is 4.93. The fraction of sp³-hybridized carbons (Fsp3) is 0.684. The largest absolute Gasteiger partial charge is 0.312 e. The fourth-order valence-electron chi connectivity index (χ4n) is 3.95. The molecule has 2 fully saturated rings. The number of hydrogen-bond acceptors (Lipinski definition) is 3. The highest BCUT2D eigenvalue weighted by Crippen LogP contribution is 2.26. The first-order chi connectivity index (χ1) is 11.2. The Balaban J connectivity index is 1.77. The lowest BCUT2D eigenvalue weighted by atomic mass is 10.0. The molecule has 0 amide bonds. The van der Waals surface area contributed by atoms with E-state index in [2.05, 4.69) is 40.2 Å². The van der Waals surface area contributed by atoms with Crippen molar-refractivity contribution >= 4 is 11.6 Å². The summed E-state index contributed by atoms with van der Waals surface area (Å²) in [5.74, 6) is 0. The summed E-state index contributed by atoms with van der Waals surface area (Å²) < 4.78 is 0. The van der Waals surface area contributed by atoms with Crippen molar-refractivity contribution in [2.45, 2.75) is 44.7 Å². The van der Waals surface area contributed by atoms with Gasteiger partial charge < -0.3 is 10.2 Å². The van der Waals surface area contributed by atoms with Gasteiger partial charge in [0.2, 0.25) is 0 Å². The average Bonchev–Trinajstić information content (AvgIpc) is 2.81. The second-order valence-corrected chi connectivity index (χ2v) is 7.57. The van der Waals surface area contributed by atoms with Gasteiger partial charge in [0, 0.05) is 43.3 Å². The van der Waals surface area contributed by atoms with Gasteiger partial charge in [-0.1, -0.05) is 36.6 Å². The average molecular weight is 336 g/mol. The lowest BCUT2D eigenvalue weighted by Crippen LogP contribution is -2.52. The van der Waals surface area contributed by atoms with Crippen LogP contribution in [0.2, 0.25) is 5.02 Å². The highest BCUT2D eigenvalue weighted by atomic mass is 35.5. The number of nitrogens with zero attached hydrogens (tertiary/aromatic N) is 2. The Morgan fingerprint density at radius 1 is 1.17 bits per heavy atom. The van der Waals surface area contributed by atoms with Crippen LogP contribution in [-0.2, 0) is 0 Å². The predicted octanol–water partition coefficient (Wildman–Crippen LogP) is 3.55. The van der Waals surface area contributed by atoms with Crippen LogP contribution in [0.1, 0.15) is 44.2 Å². The molecule has 2 heterocycles. The van der Waals surface area contributed by atoms with Crippen LogP contribution in [-0.4, -0.2) is 55.1 Å². The van der Waals surface area contributed by atoms with Crippen molar-refractivity contribution in [3.8, 4) is 0 Å². The molecule has 0 spiro atoms. The smallest absolute Gasteiger partial charge is 0.0476 e. The minimum Gasteiger partial charge on any atom is -0.312 e. The summed E-state index contributed by atoms with van der Waals surface area (Å²) >= 11 is 6.28. The van der Waals surface area contributed by atoms with Gasteiger partial charge in [-0.05, 0) is 50.6 Å². The van der Waals surface area contributed by atoms with E-state index in [0.717, 1.165) is 31.2 Å². The van der Waals surface area contributed by atoms with Gasteiger partial charge in [-0.3, -0.25) is 4.90 Å². The molecule has 2 saturated heterocycles. The van der Waals surface area contributed by atoms with Crippen molar-refractivity contribution in [3.63, 3.8) is 0 Å². The fourth-order valence-corrected chi connectivity index (χ4v) is 4.15. The predicted molar refractivity (Wildman–Crippen MR) is 98.1 cm³/mol. The van der Waals surface area contributed by atoms with E-state index in [0.29, 0.717) is 12.1 Å². The van der Waals surface area contributed by atoms with Crippen LogP contribution in [0.3, 0.4) is 0 Å². The van der Waals surface area contributed by atoms with Gasteiger partial charge in [0.1, 0.15) is 0 Å². The van der Waals surface area contributed by atoms with E-state index >= 15 is 0 Å². The zero-order chi connectivity index (χ0) is 16.1. The summed E-state index contributed by atoms with van der Waals surface area (Å²) in [5.41, 5.74) is 1.37. The third-order valence-corrected chi connectivity index (χ3v) is 5.44. The molecule has 2 aliphatic heterocycles. The molecule has 3 nitrogen and oxygen atoms in total. The zero-order valence-corrected chi connectivity index (χ0v) is 15.1. The van der Waals surface area contributed by atoms with Gasteiger partial charge in [-0.2, -0.15) is 0 Å². The second-order valence-electron chi connectivity index (χ2n) is 7.14. The maximum absolute atomic E-state index is 6.28. The number of likely N-dealkylation sites (tertiary alicyclic amines) is 1. The summed E-state index contributed by atoms with van der Waals surface area (Å²) in [6.45, 7) is 9.23. The summed E-state index contributed by atoms with van der Waals surface area (Å²) in [6.07, 6.45) is 5.48. The molecule has 2 unspecified atom stereocenters. The van der Waals surface area contributed by atoms with Crippen LogP contribution in [0.15, 0.2) is 24.3 Å². The topological polar surface area (TPSA) is 18.5 Å². The minimum atomic E-state index is 0.455. The van der Waals surface area contributed by atoms with Crippen LogP contribution in [0.5, 0.6) is 0 Å². The third-order valence-electron chi connectivity index (χ3n) is 5.20. The first kappa shape index (κ1) is 17.2. The Hall–Kier alpha value is -0.610. The second kappa shape index (κ2) is 8.48. The van der Waals surface area contributed by atoms with E-state index in [1.54, 1.807) is 0 Å². The molecule has 0 aromatic heterocycles. The van der Waals surface area contributed by atoms with Crippen LogP contribution in [0.25, 0.3) is 0 Å². The van der Waals surface area contributed by atoms with Crippen molar-refractivity contribution in [1.82, 2.24) is 15.1 Å². The normalized spacial score (nSPS) is 25.9. The first-order valence-electron chi connectivity index (χ1n) is 9.17. The number of rotatable bonds is 4. The molecule has 23 heavy (non-hydrogen) atoms. The number of halogens is 1. The van der Waals surface area contributed by atoms with Gasteiger partial charge >= 0.3 is 0 Å². The molecule has 1 N–H and O–H groups in total. The molecule has 0 aliphatic carbocycles. The van der Waals surface area contributed by atoms with E-state index in [9.17, 15) is 0 Å². The van der Waals surface area contributed by atoms with Crippen LogP contribution < -0.4 is 5.32 Å². The molecule has 0 saturated carbocycles. The molecule has 2 atom stereocenters. The van der Waals surface area contributed by atoms with Crippen LogP contribution >= 0.6 is 11.6 Å². The molecule has 1 aromatic rings. The Morgan fingerprint density at radius 3 is 2.65 bits per heavy atom. The lowest BCUT2D eigenvalue weighted by Gasteiger charge is -2.40. The zero-order valence-electron chi connectivity index (χ0n) is 14.3. The Kier molecular flexibility index (Phi) is 6.35. The number of hydrogen-bond donors (Lipinski definition) is 1. The highest BCUT2D eigenvalue weighted by Gasteiger charge is 2.27.